The van der Waals surface area contributed by atoms with Crippen LogP contribution in [0.5, 0.6) is 11.5 Å². The summed E-state index contributed by atoms with van der Waals surface area (Å²) in [6.45, 7) is 6.09. The zero-order valence-electron chi connectivity index (χ0n) is 15.7. The first kappa shape index (κ1) is 18.5. The van der Waals surface area contributed by atoms with Gasteiger partial charge >= 0.3 is 0 Å². The Bertz CT molecular complexity index is 902. The van der Waals surface area contributed by atoms with Gasteiger partial charge in [0, 0.05) is 24.3 Å². The van der Waals surface area contributed by atoms with E-state index in [0.717, 1.165) is 18.8 Å². The number of hydrogen-bond donors (Lipinski definition) is 1. The second-order valence-corrected chi connectivity index (χ2v) is 6.44. The maximum Gasteiger partial charge on any atom is 0.248 e. The summed E-state index contributed by atoms with van der Waals surface area (Å²) in [6.07, 6.45) is 0. The van der Waals surface area contributed by atoms with Crippen molar-refractivity contribution in [2.45, 2.75) is 20.4 Å². The van der Waals surface area contributed by atoms with Crippen LogP contribution in [0.15, 0.2) is 72.8 Å². The number of nitrogens with two attached hydrogens (primary N) is 1. The van der Waals surface area contributed by atoms with Crippen LogP contribution in [-0.2, 0) is 6.54 Å². The van der Waals surface area contributed by atoms with E-state index in [9.17, 15) is 4.79 Å². The van der Waals surface area contributed by atoms with Crippen molar-refractivity contribution in [1.82, 2.24) is 0 Å². The van der Waals surface area contributed by atoms with Gasteiger partial charge in [-0.05, 0) is 67.4 Å². The summed E-state index contributed by atoms with van der Waals surface area (Å²) in [5, 5.41) is 0. The number of para-hydroxylation sites is 1. The van der Waals surface area contributed by atoms with Crippen LogP contribution in [0.25, 0.3) is 0 Å². The highest BCUT2D eigenvalue weighted by Gasteiger charge is 2.08. The number of amides is 1. The Kier molecular flexibility index (Phi) is 5.77. The van der Waals surface area contributed by atoms with Crippen LogP contribution in [0.1, 0.15) is 28.4 Å². The maximum atomic E-state index is 11.1. The lowest BCUT2D eigenvalue weighted by Gasteiger charge is -2.25. The van der Waals surface area contributed by atoms with Crippen LogP contribution in [0.4, 0.5) is 5.69 Å². The summed E-state index contributed by atoms with van der Waals surface area (Å²) in [6, 6.07) is 23.3. The highest BCUT2D eigenvalue weighted by Crippen LogP contribution is 2.24. The van der Waals surface area contributed by atoms with Gasteiger partial charge in [-0.2, -0.15) is 0 Å². The molecule has 4 nitrogen and oxygen atoms in total. The molecule has 4 heteroatoms. The number of carbonyl (C=O) groups is 1. The summed E-state index contributed by atoms with van der Waals surface area (Å²) in [7, 11) is 0. The summed E-state index contributed by atoms with van der Waals surface area (Å²) in [5.74, 6) is 0.979. The molecule has 0 aliphatic rings. The molecule has 0 unspecified atom stereocenters. The number of aryl methyl sites for hydroxylation is 1. The van der Waals surface area contributed by atoms with Crippen molar-refractivity contribution >= 4 is 11.6 Å². The van der Waals surface area contributed by atoms with E-state index >= 15 is 0 Å². The lowest BCUT2D eigenvalue weighted by atomic mass is 10.1. The summed E-state index contributed by atoms with van der Waals surface area (Å²) < 4.78 is 5.84. The highest BCUT2D eigenvalue weighted by molar-refractivity contribution is 5.92. The largest absolute Gasteiger partial charge is 0.457 e. The molecule has 0 aliphatic carbocycles. The fraction of sp³-hybridized carbons (Fsp3) is 0.174. The molecule has 0 spiro atoms. The Balaban J connectivity index is 1.67. The number of nitrogens with zero attached hydrogens (tertiary/aromatic N) is 1. The third kappa shape index (κ3) is 4.67. The summed E-state index contributed by atoms with van der Waals surface area (Å²) in [5.41, 5.74) is 9.47. The molecule has 0 aromatic heterocycles. The van der Waals surface area contributed by atoms with E-state index in [1.54, 1.807) is 24.3 Å². The van der Waals surface area contributed by atoms with Gasteiger partial charge in [0.2, 0.25) is 5.91 Å². The van der Waals surface area contributed by atoms with Gasteiger partial charge in [0.05, 0.1) is 0 Å². The minimum absolute atomic E-state index is 0.444. The van der Waals surface area contributed by atoms with E-state index in [4.69, 9.17) is 10.5 Å². The predicted molar refractivity (Wildman–Crippen MR) is 109 cm³/mol. The van der Waals surface area contributed by atoms with Crippen molar-refractivity contribution in [2.24, 2.45) is 5.73 Å². The molecule has 0 heterocycles. The quantitative estimate of drug-likeness (QED) is 0.651. The van der Waals surface area contributed by atoms with Gasteiger partial charge in [0.25, 0.3) is 0 Å². The number of anilines is 1. The monoisotopic (exact) mass is 360 g/mol. The second kappa shape index (κ2) is 8.41. The van der Waals surface area contributed by atoms with Crippen LogP contribution in [0, 0.1) is 6.92 Å². The standard InChI is InChI=1S/C23H24N2O2/c1-3-25(22-7-5-4-6-17(22)2)16-18-8-12-20(13-9-18)27-21-14-10-19(11-15-21)23(24)26/h4-15H,3,16H2,1-2H3,(H2,24,26). The Labute approximate surface area is 160 Å². The van der Waals surface area contributed by atoms with Gasteiger partial charge in [0.1, 0.15) is 11.5 Å². The molecule has 1 amide bonds. The van der Waals surface area contributed by atoms with E-state index in [2.05, 4.69) is 55.1 Å². The van der Waals surface area contributed by atoms with Crippen molar-refractivity contribution < 1.29 is 9.53 Å². The molecule has 0 radical (unpaired) electrons. The molecule has 0 bridgehead atoms. The smallest absolute Gasteiger partial charge is 0.248 e. The molecule has 3 rings (SSSR count). The van der Waals surface area contributed by atoms with E-state index < -0.39 is 5.91 Å². The van der Waals surface area contributed by atoms with Crippen molar-refractivity contribution in [1.29, 1.82) is 0 Å². The van der Waals surface area contributed by atoms with E-state index in [1.165, 1.54) is 16.8 Å². The molecule has 0 saturated heterocycles. The van der Waals surface area contributed by atoms with Crippen molar-refractivity contribution in [3.8, 4) is 11.5 Å². The van der Waals surface area contributed by atoms with Crippen molar-refractivity contribution in [2.75, 3.05) is 11.4 Å². The number of hydrogen-bond acceptors (Lipinski definition) is 3. The van der Waals surface area contributed by atoms with Crippen LogP contribution in [-0.4, -0.2) is 12.5 Å². The second-order valence-electron chi connectivity index (χ2n) is 6.44. The molecule has 0 atom stereocenters. The molecule has 0 aliphatic heterocycles. The van der Waals surface area contributed by atoms with Gasteiger partial charge in [-0.3, -0.25) is 4.79 Å². The molecule has 138 valence electrons. The van der Waals surface area contributed by atoms with Gasteiger partial charge in [-0.1, -0.05) is 30.3 Å². The average Bonchev–Trinajstić information content (AvgIpc) is 2.68. The first-order valence-electron chi connectivity index (χ1n) is 9.04. The fourth-order valence-electron chi connectivity index (χ4n) is 2.99. The molecule has 2 N–H and O–H groups in total. The van der Waals surface area contributed by atoms with Gasteiger partial charge in [0.15, 0.2) is 0 Å². The molecule has 3 aromatic carbocycles. The topological polar surface area (TPSA) is 55.6 Å². The Hall–Kier alpha value is -3.27. The number of benzene rings is 3. The third-order valence-electron chi connectivity index (χ3n) is 4.51. The Morgan fingerprint density at radius 1 is 0.926 bits per heavy atom. The number of ether oxygens (including phenoxy) is 1. The lowest BCUT2D eigenvalue weighted by molar-refractivity contribution is 0.100. The molecule has 0 fully saturated rings. The van der Waals surface area contributed by atoms with E-state index in [1.807, 2.05) is 12.1 Å². The normalized spacial score (nSPS) is 10.4. The van der Waals surface area contributed by atoms with Crippen LogP contribution >= 0.6 is 0 Å². The summed E-state index contributed by atoms with van der Waals surface area (Å²) in [4.78, 5) is 13.5. The van der Waals surface area contributed by atoms with Crippen LogP contribution in [0.3, 0.4) is 0 Å². The van der Waals surface area contributed by atoms with E-state index in [0.29, 0.717) is 11.3 Å². The third-order valence-corrected chi connectivity index (χ3v) is 4.51. The molecular weight excluding hydrogens is 336 g/mol. The Morgan fingerprint density at radius 3 is 2.07 bits per heavy atom. The van der Waals surface area contributed by atoms with Crippen molar-refractivity contribution in [3.05, 3.63) is 89.5 Å². The van der Waals surface area contributed by atoms with Gasteiger partial charge in [-0.15, -0.1) is 0 Å². The van der Waals surface area contributed by atoms with Crippen LogP contribution in [0.2, 0.25) is 0 Å². The average molecular weight is 360 g/mol. The first-order valence-corrected chi connectivity index (χ1v) is 9.04. The number of carbonyl (C=O) groups excluding carboxylic acids is 1. The summed E-state index contributed by atoms with van der Waals surface area (Å²) >= 11 is 0. The minimum Gasteiger partial charge on any atom is -0.457 e. The molecule has 3 aromatic rings. The molecular formula is C23H24N2O2. The minimum atomic E-state index is -0.444. The van der Waals surface area contributed by atoms with Gasteiger partial charge < -0.3 is 15.4 Å². The highest BCUT2D eigenvalue weighted by atomic mass is 16.5. The zero-order valence-corrected chi connectivity index (χ0v) is 15.7. The predicted octanol–water partition coefficient (Wildman–Crippen LogP) is 4.91. The number of rotatable bonds is 7. The zero-order chi connectivity index (χ0) is 19.2. The van der Waals surface area contributed by atoms with Crippen molar-refractivity contribution in [3.63, 3.8) is 0 Å². The van der Waals surface area contributed by atoms with E-state index in [-0.39, 0.29) is 0 Å². The fourth-order valence-corrected chi connectivity index (χ4v) is 2.99. The maximum absolute atomic E-state index is 11.1. The van der Waals surface area contributed by atoms with Gasteiger partial charge in [-0.25, -0.2) is 0 Å². The van der Waals surface area contributed by atoms with Crippen LogP contribution < -0.4 is 15.4 Å². The number of primary amides is 1. The Morgan fingerprint density at radius 2 is 1.52 bits per heavy atom. The lowest BCUT2D eigenvalue weighted by Crippen LogP contribution is -2.22. The molecule has 27 heavy (non-hydrogen) atoms. The first-order chi connectivity index (χ1) is 13.1. The molecule has 0 saturated carbocycles. The SMILES string of the molecule is CCN(Cc1ccc(Oc2ccc(C(N)=O)cc2)cc1)c1ccccc1C.